The van der Waals surface area contributed by atoms with Crippen LogP contribution in [0.25, 0.3) is 0 Å². The van der Waals surface area contributed by atoms with Crippen LogP contribution >= 0.6 is 11.6 Å². The van der Waals surface area contributed by atoms with Gasteiger partial charge < -0.3 is 14.6 Å². The molecule has 2 saturated carbocycles. The first-order valence-corrected chi connectivity index (χ1v) is 8.39. The van der Waals surface area contributed by atoms with Gasteiger partial charge in [0.05, 0.1) is 12.0 Å². The zero-order valence-corrected chi connectivity index (χ0v) is 14.4. The second kappa shape index (κ2) is 5.21. The van der Waals surface area contributed by atoms with Gasteiger partial charge >= 0.3 is 11.9 Å². The molecule has 6 heteroatoms. The second-order valence-corrected chi connectivity index (χ2v) is 8.46. The van der Waals surface area contributed by atoms with Crippen molar-refractivity contribution < 1.29 is 24.2 Å². The molecule has 7 atom stereocenters. The molecule has 3 aliphatic rings. The first-order chi connectivity index (χ1) is 10.6. The average molecular weight is 343 g/mol. The van der Waals surface area contributed by atoms with Gasteiger partial charge in [-0.2, -0.15) is 0 Å². The average Bonchev–Trinajstić information content (AvgIpc) is 2.69. The molecule has 1 aliphatic heterocycles. The Hall–Kier alpha value is -1.07. The van der Waals surface area contributed by atoms with E-state index >= 15 is 0 Å². The lowest BCUT2D eigenvalue weighted by Gasteiger charge is -2.58. The predicted octanol–water partition coefficient (Wildman–Crippen LogP) is 2.19. The van der Waals surface area contributed by atoms with Gasteiger partial charge in [0.1, 0.15) is 12.2 Å². The fourth-order valence-corrected chi connectivity index (χ4v) is 5.27. The van der Waals surface area contributed by atoms with Crippen LogP contribution in [-0.2, 0) is 19.1 Å². The molecule has 0 bridgehead atoms. The van der Waals surface area contributed by atoms with Crippen molar-refractivity contribution >= 4 is 23.5 Å². The molecular weight excluding hydrogens is 320 g/mol. The van der Waals surface area contributed by atoms with E-state index in [1.54, 1.807) is 0 Å². The minimum Gasteiger partial charge on any atom is -0.462 e. The molecule has 1 saturated heterocycles. The van der Waals surface area contributed by atoms with Crippen molar-refractivity contribution in [3.63, 3.8) is 0 Å². The SMILES string of the molecule is C=C1C(=O)O[C@H]2[C@H]1[C@H](OC(C)=O)C[C@@](C)(Cl)[C@@H]1CC[C@@]1(C)[C@@H]2O. The third-order valence-electron chi connectivity index (χ3n) is 6.06. The third-order valence-corrected chi connectivity index (χ3v) is 6.48. The Balaban J connectivity index is 2.04. The fraction of sp³-hybridized carbons (Fsp3) is 0.765. The summed E-state index contributed by atoms with van der Waals surface area (Å²) in [4.78, 5) is 22.9. The van der Waals surface area contributed by atoms with Gasteiger partial charge in [-0.3, -0.25) is 4.79 Å². The molecule has 3 rings (SSSR count). The van der Waals surface area contributed by atoms with Crippen molar-refractivity contribution in [2.75, 3.05) is 0 Å². The van der Waals surface area contributed by atoms with E-state index in [-0.39, 0.29) is 11.5 Å². The van der Waals surface area contributed by atoms with Crippen molar-refractivity contribution in [2.24, 2.45) is 17.3 Å². The van der Waals surface area contributed by atoms with E-state index in [2.05, 4.69) is 6.58 Å². The van der Waals surface area contributed by atoms with E-state index in [1.807, 2.05) is 13.8 Å². The maximum atomic E-state index is 12.0. The summed E-state index contributed by atoms with van der Waals surface area (Å²) < 4.78 is 10.9. The molecule has 0 aromatic rings. The van der Waals surface area contributed by atoms with Gasteiger partial charge in [-0.25, -0.2) is 4.79 Å². The molecule has 0 aromatic carbocycles. The molecule has 2 aliphatic carbocycles. The van der Waals surface area contributed by atoms with Gasteiger partial charge in [0.25, 0.3) is 0 Å². The van der Waals surface area contributed by atoms with E-state index in [1.165, 1.54) is 6.92 Å². The normalized spacial score (nSPS) is 49.2. The summed E-state index contributed by atoms with van der Waals surface area (Å²) in [5.41, 5.74) is -0.167. The summed E-state index contributed by atoms with van der Waals surface area (Å²) in [6.45, 7) is 9.03. The summed E-state index contributed by atoms with van der Waals surface area (Å²) in [6, 6.07) is 0. The number of aliphatic hydroxyl groups is 1. The largest absolute Gasteiger partial charge is 0.462 e. The van der Waals surface area contributed by atoms with Crippen molar-refractivity contribution in [3.05, 3.63) is 12.2 Å². The van der Waals surface area contributed by atoms with Crippen LogP contribution in [-0.4, -0.2) is 40.2 Å². The van der Waals surface area contributed by atoms with E-state index < -0.39 is 46.5 Å². The van der Waals surface area contributed by atoms with Crippen molar-refractivity contribution in [2.45, 2.75) is 63.2 Å². The molecule has 128 valence electrons. The highest BCUT2D eigenvalue weighted by Gasteiger charge is 2.63. The number of esters is 2. The molecule has 1 heterocycles. The summed E-state index contributed by atoms with van der Waals surface area (Å²) in [5.74, 6) is -1.47. The van der Waals surface area contributed by atoms with Crippen LogP contribution in [0.3, 0.4) is 0 Å². The summed E-state index contributed by atoms with van der Waals surface area (Å²) in [6.07, 6.45) is -0.0958. The van der Waals surface area contributed by atoms with Crippen molar-refractivity contribution in [1.82, 2.24) is 0 Å². The number of ether oxygens (including phenoxy) is 2. The van der Waals surface area contributed by atoms with Gasteiger partial charge in [-0.15, -0.1) is 11.6 Å². The Kier molecular flexibility index (Phi) is 3.80. The minimum absolute atomic E-state index is 0.0678. The van der Waals surface area contributed by atoms with Gasteiger partial charge in [0.2, 0.25) is 0 Å². The van der Waals surface area contributed by atoms with Gasteiger partial charge in [0.15, 0.2) is 0 Å². The lowest BCUT2D eigenvalue weighted by atomic mass is 9.50. The zero-order valence-electron chi connectivity index (χ0n) is 13.7. The van der Waals surface area contributed by atoms with Gasteiger partial charge in [0, 0.05) is 29.2 Å². The summed E-state index contributed by atoms with van der Waals surface area (Å²) >= 11 is 6.80. The lowest BCUT2D eigenvalue weighted by Crippen LogP contribution is -2.62. The minimum atomic E-state index is -0.856. The van der Waals surface area contributed by atoms with Crippen LogP contribution in [0.2, 0.25) is 0 Å². The Morgan fingerprint density at radius 2 is 2.13 bits per heavy atom. The molecule has 0 aromatic heterocycles. The highest BCUT2D eigenvalue weighted by atomic mass is 35.5. The highest BCUT2D eigenvalue weighted by Crippen LogP contribution is 2.61. The molecule has 0 spiro atoms. The molecule has 23 heavy (non-hydrogen) atoms. The maximum Gasteiger partial charge on any atom is 0.334 e. The number of carbonyl (C=O) groups is 2. The van der Waals surface area contributed by atoms with Crippen molar-refractivity contribution in [3.8, 4) is 0 Å². The standard InChI is InChI=1S/C17H23ClO5/c1-8-12-10(22-9(2)19)7-17(4,18)11-5-6-16(11,3)14(20)13(12)23-15(8)21/h10-14,20H,1,5-7H2,2-4H3/t10-,11-,12-,13+,14-,16-,17-/m1/s1. The number of halogens is 1. The fourth-order valence-electron chi connectivity index (χ4n) is 4.76. The number of hydrogen-bond donors (Lipinski definition) is 1. The predicted molar refractivity (Wildman–Crippen MR) is 83.8 cm³/mol. The number of hydrogen-bond acceptors (Lipinski definition) is 5. The maximum absolute atomic E-state index is 12.0. The molecule has 0 radical (unpaired) electrons. The molecule has 5 nitrogen and oxygen atoms in total. The number of aliphatic hydroxyl groups excluding tert-OH is 1. The Bertz CT molecular complexity index is 571. The summed E-state index contributed by atoms with van der Waals surface area (Å²) in [5, 5.41) is 10.9. The van der Waals surface area contributed by atoms with Crippen LogP contribution in [0.15, 0.2) is 12.2 Å². The Morgan fingerprint density at radius 1 is 1.48 bits per heavy atom. The van der Waals surface area contributed by atoms with E-state index in [0.717, 1.165) is 12.8 Å². The smallest absolute Gasteiger partial charge is 0.334 e. The van der Waals surface area contributed by atoms with Crippen LogP contribution < -0.4 is 0 Å². The topological polar surface area (TPSA) is 72.8 Å². The first-order valence-electron chi connectivity index (χ1n) is 8.02. The second-order valence-electron chi connectivity index (χ2n) is 7.59. The number of carbonyl (C=O) groups excluding carboxylic acids is 2. The Morgan fingerprint density at radius 3 is 2.65 bits per heavy atom. The van der Waals surface area contributed by atoms with Crippen LogP contribution in [0, 0.1) is 17.3 Å². The van der Waals surface area contributed by atoms with Gasteiger partial charge in [-0.05, 0) is 25.7 Å². The number of fused-ring (bicyclic) bond motifs is 2. The first kappa shape index (κ1) is 16.8. The molecular formula is C17H23ClO5. The van der Waals surface area contributed by atoms with Crippen LogP contribution in [0.5, 0.6) is 0 Å². The Labute approximate surface area is 141 Å². The van der Waals surface area contributed by atoms with Crippen LogP contribution in [0.1, 0.15) is 40.0 Å². The summed E-state index contributed by atoms with van der Waals surface area (Å²) in [7, 11) is 0. The third kappa shape index (κ3) is 2.40. The van der Waals surface area contributed by atoms with E-state index in [4.69, 9.17) is 21.1 Å². The number of alkyl halides is 1. The molecule has 3 fully saturated rings. The molecule has 0 unspecified atom stereocenters. The zero-order chi connectivity index (χ0) is 17.2. The van der Waals surface area contributed by atoms with Crippen LogP contribution in [0.4, 0.5) is 0 Å². The van der Waals surface area contributed by atoms with E-state index in [9.17, 15) is 14.7 Å². The quantitative estimate of drug-likeness (QED) is 0.449. The molecule has 0 amide bonds. The number of rotatable bonds is 1. The van der Waals surface area contributed by atoms with Gasteiger partial charge in [-0.1, -0.05) is 13.5 Å². The monoisotopic (exact) mass is 342 g/mol. The lowest BCUT2D eigenvalue weighted by molar-refractivity contribution is -0.185. The highest BCUT2D eigenvalue weighted by molar-refractivity contribution is 6.24. The molecule has 1 N–H and O–H groups in total. The van der Waals surface area contributed by atoms with Crippen molar-refractivity contribution in [1.29, 1.82) is 0 Å². The van der Waals surface area contributed by atoms with E-state index in [0.29, 0.717) is 6.42 Å².